The zero-order valence-electron chi connectivity index (χ0n) is 14.5. The first-order valence-electron chi connectivity index (χ1n) is 8.35. The molecule has 0 bridgehead atoms. The third-order valence-electron chi connectivity index (χ3n) is 4.39. The van der Waals surface area contributed by atoms with E-state index in [1.54, 1.807) is 0 Å². The molecule has 1 aliphatic rings. The number of nitrogens with one attached hydrogen (secondary N) is 1. The number of piperidine rings is 1. The second-order valence-corrected chi connectivity index (χ2v) is 8.10. The fourth-order valence-corrected chi connectivity index (χ4v) is 4.13. The summed E-state index contributed by atoms with van der Waals surface area (Å²) in [7, 11) is -4.34. The molecule has 0 aromatic heterocycles. The molecule has 4 N–H and O–H groups in total. The van der Waals surface area contributed by atoms with Gasteiger partial charge in [-0.2, -0.15) is 0 Å². The summed E-state index contributed by atoms with van der Waals surface area (Å²) in [6, 6.07) is 0.688. The van der Waals surface area contributed by atoms with Gasteiger partial charge in [-0.05, 0) is 38.4 Å². The summed E-state index contributed by atoms with van der Waals surface area (Å²) in [5.41, 5.74) is 4.37. The molecule has 0 spiro atoms. The molecule has 1 saturated heterocycles. The van der Waals surface area contributed by atoms with Crippen LogP contribution < -0.4 is 10.5 Å². The second-order valence-electron chi connectivity index (χ2n) is 6.36. The van der Waals surface area contributed by atoms with Gasteiger partial charge in [0.1, 0.15) is 16.5 Å². The van der Waals surface area contributed by atoms with Gasteiger partial charge >= 0.3 is 5.97 Å². The zero-order chi connectivity index (χ0) is 20.2. The Kier molecular flexibility index (Phi) is 6.84. The van der Waals surface area contributed by atoms with Crippen molar-refractivity contribution in [2.24, 2.45) is 11.7 Å². The molecule has 1 aliphatic heterocycles. The minimum Gasteiger partial charge on any atom is -0.478 e. The van der Waals surface area contributed by atoms with Gasteiger partial charge in [0.05, 0.1) is 11.5 Å². The van der Waals surface area contributed by atoms with Crippen LogP contribution in [0.15, 0.2) is 17.0 Å². The Morgan fingerprint density at radius 2 is 2.00 bits per heavy atom. The number of amides is 1. The highest BCUT2D eigenvalue weighted by Gasteiger charge is 2.25. The Labute approximate surface area is 155 Å². The van der Waals surface area contributed by atoms with Gasteiger partial charge in [0.15, 0.2) is 0 Å². The number of nitrogens with zero attached hydrogens (tertiary/aromatic N) is 1. The Morgan fingerprint density at radius 3 is 2.63 bits per heavy atom. The van der Waals surface area contributed by atoms with E-state index in [1.807, 2.05) is 4.90 Å². The number of hydrogen-bond donors (Lipinski definition) is 3. The molecule has 0 aliphatic carbocycles. The number of hydrogen-bond acceptors (Lipinski definition) is 5. The average molecular weight is 405 g/mol. The number of aromatic carboxylic acids is 1. The van der Waals surface area contributed by atoms with Crippen LogP contribution in [0.4, 0.5) is 8.78 Å². The van der Waals surface area contributed by atoms with Gasteiger partial charge in [-0.25, -0.2) is 26.7 Å². The third-order valence-corrected chi connectivity index (χ3v) is 5.87. The fourth-order valence-electron chi connectivity index (χ4n) is 2.98. The topological polar surface area (TPSA) is 130 Å². The number of likely N-dealkylation sites (tertiary alicyclic amines) is 1. The highest BCUT2D eigenvalue weighted by atomic mass is 32.2. The summed E-state index contributed by atoms with van der Waals surface area (Å²) < 4.78 is 53.8. The lowest BCUT2D eigenvalue weighted by Crippen LogP contribution is -2.42. The Hall–Kier alpha value is -2.11. The zero-order valence-corrected chi connectivity index (χ0v) is 15.3. The predicted octanol–water partition coefficient (Wildman–Crippen LogP) is 0.529. The lowest BCUT2D eigenvalue weighted by Gasteiger charge is -2.31. The average Bonchev–Trinajstić information content (AvgIpc) is 2.58. The fraction of sp³-hybridized carbons (Fsp3) is 0.500. The van der Waals surface area contributed by atoms with Crippen LogP contribution >= 0.6 is 0 Å². The molecule has 11 heteroatoms. The number of carboxylic acid groups (broad SMARTS) is 1. The van der Waals surface area contributed by atoms with E-state index >= 15 is 0 Å². The molecule has 2 rings (SSSR count). The molecule has 1 unspecified atom stereocenters. The second kappa shape index (κ2) is 8.72. The lowest BCUT2D eigenvalue weighted by atomic mass is 9.97. The van der Waals surface area contributed by atoms with Crippen molar-refractivity contribution in [2.75, 3.05) is 26.2 Å². The van der Waals surface area contributed by atoms with Crippen LogP contribution in [0.5, 0.6) is 0 Å². The monoisotopic (exact) mass is 405 g/mol. The first-order chi connectivity index (χ1) is 12.6. The van der Waals surface area contributed by atoms with Crippen LogP contribution in [0.25, 0.3) is 0 Å². The highest BCUT2D eigenvalue weighted by molar-refractivity contribution is 7.89. The van der Waals surface area contributed by atoms with E-state index in [4.69, 9.17) is 10.8 Å². The number of primary amides is 1. The third kappa shape index (κ3) is 5.44. The molecule has 150 valence electrons. The summed E-state index contributed by atoms with van der Waals surface area (Å²) in [6.45, 7) is 1.76. The maximum atomic E-state index is 13.8. The summed E-state index contributed by atoms with van der Waals surface area (Å²) in [5.74, 6) is -5.00. The number of carbonyl (C=O) groups is 2. The van der Waals surface area contributed by atoms with Crippen LogP contribution in [-0.2, 0) is 14.8 Å². The van der Waals surface area contributed by atoms with Crippen LogP contribution in [0, 0.1) is 17.6 Å². The molecule has 0 radical (unpaired) electrons. The van der Waals surface area contributed by atoms with E-state index in [-0.39, 0.29) is 24.4 Å². The Balaban J connectivity index is 1.95. The molecule has 1 atom stereocenters. The number of sulfonamides is 1. The van der Waals surface area contributed by atoms with Gasteiger partial charge in [0.25, 0.3) is 0 Å². The Bertz CT molecular complexity index is 832. The quantitative estimate of drug-likeness (QED) is 0.541. The Morgan fingerprint density at radius 1 is 1.30 bits per heavy atom. The molecule has 1 amide bonds. The summed E-state index contributed by atoms with van der Waals surface area (Å²) in [4.78, 5) is 23.2. The first-order valence-corrected chi connectivity index (χ1v) is 9.84. The number of carbonyl (C=O) groups excluding carboxylic acids is 1. The van der Waals surface area contributed by atoms with E-state index in [2.05, 4.69) is 4.72 Å². The minimum absolute atomic E-state index is 0.0285. The van der Waals surface area contributed by atoms with Crippen molar-refractivity contribution >= 4 is 21.9 Å². The van der Waals surface area contributed by atoms with Gasteiger partial charge < -0.3 is 15.7 Å². The molecule has 0 saturated carbocycles. The van der Waals surface area contributed by atoms with E-state index < -0.39 is 38.1 Å². The van der Waals surface area contributed by atoms with Crippen LogP contribution in [-0.4, -0.2) is 56.5 Å². The van der Waals surface area contributed by atoms with Gasteiger partial charge in [-0.3, -0.25) is 4.79 Å². The largest absolute Gasteiger partial charge is 0.478 e. The molecule has 1 heterocycles. The van der Waals surface area contributed by atoms with E-state index in [0.717, 1.165) is 19.4 Å². The first kappa shape index (κ1) is 21.2. The summed E-state index contributed by atoms with van der Waals surface area (Å²) >= 11 is 0. The van der Waals surface area contributed by atoms with Crippen LogP contribution in [0.1, 0.15) is 29.6 Å². The van der Waals surface area contributed by atoms with Crippen molar-refractivity contribution in [2.45, 2.75) is 24.2 Å². The van der Waals surface area contributed by atoms with Crippen molar-refractivity contribution in [3.63, 3.8) is 0 Å². The molecular weight excluding hydrogens is 384 g/mol. The highest BCUT2D eigenvalue weighted by Crippen LogP contribution is 2.20. The van der Waals surface area contributed by atoms with Crippen molar-refractivity contribution in [3.8, 4) is 0 Å². The van der Waals surface area contributed by atoms with Crippen molar-refractivity contribution in [1.29, 1.82) is 0 Å². The number of nitrogens with two attached hydrogens (primary N) is 1. The van der Waals surface area contributed by atoms with E-state index in [9.17, 15) is 26.8 Å². The van der Waals surface area contributed by atoms with Crippen LogP contribution in [0.2, 0.25) is 0 Å². The number of halogens is 2. The molecule has 27 heavy (non-hydrogen) atoms. The predicted molar refractivity (Wildman–Crippen MR) is 91.5 cm³/mol. The number of benzene rings is 1. The molecular formula is C16H21F2N3O5S. The van der Waals surface area contributed by atoms with Gasteiger partial charge in [0, 0.05) is 19.2 Å². The number of rotatable bonds is 8. The molecule has 1 aromatic rings. The van der Waals surface area contributed by atoms with Gasteiger partial charge in [0.2, 0.25) is 15.9 Å². The van der Waals surface area contributed by atoms with Crippen LogP contribution in [0.3, 0.4) is 0 Å². The van der Waals surface area contributed by atoms with Crippen molar-refractivity contribution in [1.82, 2.24) is 9.62 Å². The molecule has 8 nitrogen and oxygen atoms in total. The SMILES string of the molecule is NC(=O)C1CCCN(CCCNS(=O)(=O)c2cc(C(=O)O)c(F)cc2F)C1. The molecule has 1 aromatic carbocycles. The van der Waals surface area contributed by atoms with E-state index in [0.29, 0.717) is 25.6 Å². The van der Waals surface area contributed by atoms with Gasteiger partial charge in [-0.1, -0.05) is 0 Å². The smallest absolute Gasteiger partial charge is 0.338 e. The van der Waals surface area contributed by atoms with Gasteiger partial charge in [-0.15, -0.1) is 0 Å². The number of carboxylic acids is 1. The normalized spacial score (nSPS) is 18.4. The summed E-state index contributed by atoms with van der Waals surface area (Å²) in [5, 5.41) is 8.85. The maximum absolute atomic E-state index is 13.8. The maximum Gasteiger partial charge on any atom is 0.338 e. The van der Waals surface area contributed by atoms with Crippen molar-refractivity contribution < 1.29 is 31.9 Å². The van der Waals surface area contributed by atoms with Crippen molar-refractivity contribution in [3.05, 3.63) is 29.3 Å². The van der Waals surface area contributed by atoms with E-state index in [1.165, 1.54) is 0 Å². The lowest BCUT2D eigenvalue weighted by molar-refractivity contribution is -0.123. The standard InChI is InChI=1S/C16H21F2N3O5S/c17-12-8-13(18)14(7-11(12)16(23)24)27(25,26)20-4-2-6-21-5-1-3-10(9-21)15(19)22/h7-8,10,20H,1-6,9H2,(H2,19,22)(H,23,24). The molecule has 1 fully saturated rings. The minimum atomic E-state index is -4.34. The summed E-state index contributed by atoms with van der Waals surface area (Å²) in [6.07, 6.45) is 1.94.